The fourth-order valence-electron chi connectivity index (χ4n) is 3.14. The zero-order valence-corrected chi connectivity index (χ0v) is 13.9. The standard InChI is InChI=1S/C16H21N3O3.ClH/c1-21-9-15-19-13-7-11(5-6-14(13)22-15)18-16(20)12-4-2-3-10(12)8-17;/h5-7,10,12H,2-4,8-9,17H2,1H3,(H,18,20);1H/t10-,12-;/m1./s1. The van der Waals surface area contributed by atoms with Gasteiger partial charge in [-0.15, -0.1) is 12.4 Å². The number of carbonyl (C=O) groups is 1. The molecule has 0 aliphatic heterocycles. The molecule has 1 aromatic carbocycles. The smallest absolute Gasteiger partial charge is 0.227 e. The number of rotatable bonds is 5. The van der Waals surface area contributed by atoms with Crippen LogP contribution in [0.3, 0.4) is 0 Å². The quantitative estimate of drug-likeness (QED) is 0.874. The molecule has 0 bridgehead atoms. The third-order valence-corrected chi connectivity index (χ3v) is 4.27. The molecule has 0 saturated heterocycles. The number of hydrogen-bond donors (Lipinski definition) is 2. The molecule has 1 aliphatic rings. The summed E-state index contributed by atoms with van der Waals surface area (Å²) in [6, 6.07) is 5.46. The molecule has 1 heterocycles. The summed E-state index contributed by atoms with van der Waals surface area (Å²) in [5, 5.41) is 2.97. The van der Waals surface area contributed by atoms with Gasteiger partial charge in [0.25, 0.3) is 0 Å². The number of nitrogens with two attached hydrogens (primary N) is 1. The molecule has 1 aliphatic carbocycles. The Labute approximate surface area is 141 Å². The number of methoxy groups -OCH3 is 1. The lowest BCUT2D eigenvalue weighted by molar-refractivity contribution is -0.120. The fourth-order valence-corrected chi connectivity index (χ4v) is 3.14. The van der Waals surface area contributed by atoms with Crippen LogP contribution < -0.4 is 11.1 Å². The molecule has 1 fully saturated rings. The number of benzene rings is 1. The lowest BCUT2D eigenvalue weighted by atomic mass is 9.95. The number of ether oxygens (including phenoxy) is 1. The van der Waals surface area contributed by atoms with E-state index in [9.17, 15) is 4.79 Å². The molecule has 2 aromatic rings. The molecule has 1 aromatic heterocycles. The summed E-state index contributed by atoms with van der Waals surface area (Å²) < 4.78 is 10.5. The van der Waals surface area contributed by atoms with E-state index in [0.717, 1.165) is 24.9 Å². The van der Waals surface area contributed by atoms with Crippen molar-refractivity contribution in [2.45, 2.75) is 25.9 Å². The van der Waals surface area contributed by atoms with Gasteiger partial charge in [0.1, 0.15) is 12.1 Å². The Balaban J connectivity index is 0.00000192. The Hall–Kier alpha value is -1.63. The van der Waals surface area contributed by atoms with E-state index >= 15 is 0 Å². The predicted molar refractivity (Wildman–Crippen MR) is 90.5 cm³/mol. The lowest BCUT2D eigenvalue weighted by Crippen LogP contribution is -2.29. The summed E-state index contributed by atoms with van der Waals surface area (Å²) in [6.45, 7) is 0.900. The van der Waals surface area contributed by atoms with Crippen molar-refractivity contribution in [1.29, 1.82) is 0 Å². The van der Waals surface area contributed by atoms with Gasteiger partial charge >= 0.3 is 0 Å². The molecule has 3 rings (SSSR count). The molecular formula is C16H22ClN3O3. The second kappa shape index (κ2) is 7.77. The van der Waals surface area contributed by atoms with Crippen LogP contribution >= 0.6 is 12.4 Å². The summed E-state index contributed by atoms with van der Waals surface area (Å²) in [4.78, 5) is 16.7. The Kier molecular flexibility index (Phi) is 5.98. The van der Waals surface area contributed by atoms with Gasteiger partial charge in [-0.3, -0.25) is 4.79 Å². The van der Waals surface area contributed by atoms with Gasteiger partial charge in [0.2, 0.25) is 11.8 Å². The third kappa shape index (κ3) is 3.83. The maximum atomic E-state index is 12.4. The van der Waals surface area contributed by atoms with Crippen LogP contribution in [0.4, 0.5) is 5.69 Å². The summed E-state index contributed by atoms with van der Waals surface area (Å²) >= 11 is 0. The summed E-state index contributed by atoms with van der Waals surface area (Å²) in [5.41, 5.74) is 7.88. The Morgan fingerprint density at radius 1 is 1.48 bits per heavy atom. The van der Waals surface area contributed by atoms with Crippen LogP contribution in [0.25, 0.3) is 11.1 Å². The first kappa shape index (κ1) is 17.7. The Morgan fingerprint density at radius 3 is 3.04 bits per heavy atom. The SMILES string of the molecule is COCc1nc2cc(NC(=O)[C@@H]3CCC[C@@H]3CN)ccc2o1.Cl. The molecule has 6 nitrogen and oxygen atoms in total. The van der Waals surface area contributed by atoms with Gasteiger partial charge in [-0.25, -0.2) is 4.98 Å². The maximum absolute atomic E-state index is 12.4. The van der Waals surface area contributed by atoms with Crippen LogP contribution in [0.15, 0.2) is 22.6 Å². The highest BCUT2D eigenvalue weighted by atomic mass is 35.5. The zero-order valence-electron chi connectivity index (χ0n) is 13.1. The Morgan fingerprint density at radius 2 is 2.30 bits per heavy atom. The predicted octanol–water partition coefficient (Wildman–Crippen LogP) is 2.71. The number of hydrogen-bond acceptors (Lipinski definition) is 5. The van der Waals surface area contributed by atoms with E-state index in [2.05, 4.69) is 10.3 Å². The molecular weight excluding hydrogens is 318 g/mol. The Bertz CT molecular complexity index is 674. The minimum Gasteiger partial charge on any atom is -0.438 e. The normalized spacial score (nSPS) is 20.4. The van der Waals surface area contributed by atoms with Crippen LogP contribution in [0.1, 0.15) is 25.2 Å². The fraction of sp³-hybridized carbons (Fsp3) is 0.500. The summed E-state index contributed by atoms with van der Waals surface area (Å²) in [5.74, 6) is 0.888. The topological polar surface area (TPSA) is 90.4 Å². The van der Waals surface area contributed by atoms with Crippen LogP contribution in [0.2, 0.25) is 0 Å². The molecule has 7 heteroatoms. The lowest BCUT2D eigenvalue weighted by Gasteiger charge is -2.17. The molecule has 0 spiro atoms. The number of carbonyl (C=O) groups excluding carboxylic acids is 1. The summed E-state index contributed by atoms with van der Waals surface area (Å²) in [6.07, 6.45) is 3.03. The largest absolute Gasteiger partial charge is 0.438 e. The van der Waals surface area contributed by atoms with Crippen LogP contribution in [0.5, 0.6) is 0 Å². The van der Waals surface area contributed by atoms with E-state index in [4.69, 9.17) is 14.9 Å². The van der Waals surface area contributed by atoms with Crippen molar-refractivity contribution in [1.82, 2.24) is 4.98 Å². The molecule has 1 saturated carbocycles. The van der Waals surface area contributed by atoms with Gasteiger partial charge in [-0.05, 0) is 43.5 Å². The van der Waals surface area contributed by atoms with Gasteiger partial charge in [0.15, 0.2) is 5.58 Å². The second-order valence-corrected chi connectivity index (χ2v) is 5.75. The number of aromatic nitrogens is 1. The van der Waals surface area contributed by atoms with Crippen molar-refractivity contribution in [3.8, 4) is 0 Å². The molecule has 126 valence electrons. The van der Waals surface area contributed by atoms with Gasteiger partial charge in [-0.1, -0.05) is 6.42 Å². The van der Waals surface area contributed by atoms with E-state index in [1.165, 1.54) is 0 Å². The number of oxazole rings is 1. The molecule has 3 N–H and O–H groups in total. The molecule has 1 amide bonds. The van der Waals surface area contributed by atoms with E-state index in [1.807, 2.05) is 18.2 Å². The molecule has 0 radical (unpaired) electrons. The van der Waals surface area contributed by atoms with Crippen molar-refractivity contribution >= 4 is 35.1 Å². The number of halogens is 1. The first-order chi connectivity index (χ1) is 10.7. The van der Waals surface area contributed by atoms with Gasteiger partial charge in [0, 0.05) is 18.7 Å². The van der Waals surface area contributed by atoms with Crippen molar-refractivity contribution < 1.29 is 13.9 Å². The number of nitrogens with zero attached hydrogens (tertiary/aromatic N) is 1. The van der Waals surface area contributed by atoms with Gasteiger partial charge in [-0.2, -0.15) is 0 Å². The first-order valence-electron chi connectivity index (χ1n) is 7.60. The summed E-state index contributed by atoms with van der Waals surface area (Å²) in [7, 11) is 1.59. The highest BCUT2D eigenvalue weighted by Gasteiger charge is 2.31. The van der Waals surface area contributed by atoms with E-state index < -0.39 is 0 Å². The first-order valence-corrected chi connectivity index (χ1v) is 7.60. The van der Waals surface area contributed by atoms with Gasteiger partial charge in [0.05, 0.1) is 0 Å². The maximum Gasteiger partial charge on any atom is 0.227 e. The average Bonchev–Trinajstić information content (AvgIpc) is 3.12. The number of anilines is 1. The number of fused-ring (bicyclic) bond motifs is 1. The van der Waals surface area contributed by atoms with Crippen molar-refractivity contribution in [3.05, 3.63) is 24.1 Å². The number of nitrogens with one attached hydrogen (secondary N) is 1. The monoisotopic (exact) mass is 339 g/mol. The molecule has 23 heavy (non-hydrogen) atoms. The van der Waals surface area contributed by atoms with Gasteiger partial charge < -0.3 is 20.2 Å². The van der Waals surface area contributed by atoms with Crippen LogP contribution in [-0.2, 0) is 16.1 Å². The van der Waals surface area contributed by atoms with E-state index in [-0.39, 0.29) is 24.2 Å². The minimum atomic E-state index is 0. The van der Waals surface area contributed by atoms with Crippen molar-refractivity contribution in [2.24, 2.45) is 17.6 Å². The average molecular weight is 340 g/mol. The van der Waals surface area contributed by atoms with Crippen molar-refractivity contribution in [3.63, 3.8) is 0 Å². The number of amides is 1. The highest BCUT2D eigenvalue weighted by molar-refractivity contribution is 5.94. The minimum absolute atomic E-state index is 0. The third-order valence-electron chi connectivity index (χ3n) is 4.27. The molecule has 2 atom stereocenters. The van der Waals surface area contributed by atoms with Crippen molar-refractivity contribution in [2.75, 3.05) is 19.0 Å². The van der Waals surface area contributed by atoms with E-state index in [1.54, 1.807) is 7.11 Å². The van der Waals surface area contributed by atoms with Crippen LogP contribution in [0, 0.1) is 11.8 Å². The highest BCUT2D eigenvalue weighted by Crippen LogP contribution is 2.32. The molecule has 0 unspecified atom stereocenters. The van der Waals surface area contributed by atoms with E-state index in [0.29, 0.717) is 36.1 Å². The zero-order chi connectivity index (χ0) is 15.5. The van der Waals surface area contributed by atoms with Crippen LogP contribution in [-0.4, -0.2) is 24.5 Å². The second-order valence-electron chi connectivity index (χ2n) is 5.75.